The lowest BCUT2D eigenvalue weighted by Crippen LogP contribution is -2.32. The van der Waals surface area contributed by atoms with E-state index >= 15 is 0 Å². The predicted molar refractivity (Wildman–Crippen MR) is 99.5 cm³/mol. The van der Waals surface area contributed by atoms with Crippen molar-refractivity contribution in [3.05, 3.63) is 59.9 Å². The fraction of sp³-hybridized carbons (Fsp3) is 0.300. The van der Waals surface area contributed by atoms with Crippen LogP contribution in [0.5, 0.6) is 11.5 Å². The van der Waals surface area contributed by atoms with E-state index < -0.39 is 5.82 Å². The molecule has 0 fully saturated rings. The average molecular weight is 374 g/mol. The number of carbonyl (C=O) groups excluding carboxylic acids is 2. The van der Waals surface area contributed by atoms with Crippen LogP contribution in [-0.4, -0.2) is 38.1 Å². The van der Waals surface area contributed by atoms with E-state index in [1.54, 1.807) is 18.2 Å². The van der Waals surface area contributed by atoms with Gasteiger partial charge in [0.15, 0.2) is 18.1 Å². The van der Waals surface area contributed by atoms with E-state index in [1.165, 1.54) is 24.3 Å². The molecular weight excluding hydrogens is 351 g/mol. The van der Waals surface area contributed by atoms with E-state index in [9.17, 15) is 14.0 Å². The minimum absolute atomic E-state index is 0.125. The summed E-state index contributed by atoms with van der Waals surface area (Å²) in [7, 11) is 0. The van der Waals surface area contributed by atoms with Gasteiger partial charge >= 0.3 is 0 Å². The number of nitrogens with one attached hydrogen (secondary N) is 2. The highest BCUT2D eigenvalue weighted by Crippen LogP contribution is 2.26. The van der Waals surface area contributed by atoms with Crippen molar-refractivity contribution >= 4 is 11.8 Å². The number of ether oxygens (including phenoxy) is 2. The van der Waals surface area contributed by atoms with Crippen molar-refractivity contribution in [3.63, 3.8) is 0 Å². The molecule has 0 unspecified atom stereocenters. The molecule has 0 aliphatic rings. The third-order valence-corrected chi connectivity index (χ3v) is 3.56. The van der Waals surface area contributed by atoms with Gasteiger partial charge in [-0.25, -0.2) is 4.39 Å². The monoisotopic (exact) mass is 374 g/mol. The Bertz CT molecular complexity index is 767. The molecule has 0 aliphatic heterocycles. The number of hydrogen-bond donors (Lipinski definition) is 2. The summed E-state index contributed by atoms with van der Waals surface area (Å²) in [6, 6.07) is 12.6. The lowest BCUT2D eigenvalue weighted by atomic mass is 10.2. The normalized spacial score (nSPS) is 10.1. The maximum atomic E-state index is 13.1. The molecule has 2 amide bonds. The molecule has 0 atom stereocenters. The van der Waals surface area contributed by atoms with Crippen LogP contribution in [0.2, 0.25) is 0 Å². The third-order valence-electron chi connectivity index (χ3n) is 3.56. The Hall–Kier alpha value is -3.09. The lowest BCUT2D eigenvalue weighted by Gasteiger charge is -2.11. The van der Waals surface area contributed by atoms with Crippen molar-refractivity contribution < 1.29 is 23.5 Å². The first-order valence-corrected chi connectivity index (χ1v) is 8.75. The third kappa shape index (κ3) is 6.97. The molecule has 6 nitrogen and oxygen atoms in total. The van der Waals surface area contributed by atoms with Gasteiger partial charge in [0.05, 0.1) is 6.61 Å². The zero-order valence-corrected chi connectivity index (χ0v) is 15.2. The molecule has 0 heterocycles. The van der Waals surface area contributed by atoms with Gasteiger partial charge in [-0.15, -0.1) is 0 Å². The molecule has 2 aromatic carbocycles. The second-order valence-corrected chi connectivity index (χ2v) is 5.64. The molecule has 0 bridgehead atoms. The van der Waals surface area contributed by atoms with Crippen LogP contribution in [0.25, 0.3) is 0 Å². The molecule has 0 saturated carbocycles. The number of hydrogen-bond acceptors (Lipinski definition) is 4. The highest BCUT2D eigenvalue weighted by Gasteiger charge is 2.08. The van der Waals surface area contributed by atoms with Crippen molar-refractivity contribution in [1.82, 2.24) is 10.6 Å². The van der Waals surface area contributed by atoms with E-state index in [2.05, 4.69) is 10.6 Å². The van der Waals surface area contributed by atoms with Crippen molar-refractivity contribution in [2.45, 2.75) is 13.3 Å². The molecule has 2 N–H and O–H groups in total. The van der Waals surface area contributed by atoms with Crippen molar-refractivity contribution in [2.24, 2.45) is 0 Å². The second-order valence-electron chi connectivity index (χ2n) is 5.64. The molecule has 0 spiro atoms. The highest BCUT2D eigenvalue weighted by atomic mass is 19.1. The highest BCUT2D eigenvalue weighted by molar-refractivity contribution is 5.94. The molecule has 7 heteroatoms. The Labute approximate surface area is 157 Å². The standard InChI is InChI=1S/C20H23FN2O4/c1-2-26-17-9-3-4-10-18(17)27-14-19(24)22-11-6-12-23-20(25)15-7-5-8-16(21)13-15/h3-5,7-10,13H,2,6,11-12,14H2,1H3,(H,22,24)(H,23,25). The molecule has 2 aromatic rings. The van der Waals surface area contributed by atoms with Crippen LogP contribution >= 0.6 is 0 Å². The number of para-hydroxylation sites is 2. The van der Waals surface area contributed by atoms with Gasteiger partial charge in [0.1, 0.15) is 5.82 Å². The molecule has 144 valence electrons. The van der Waals surface area contributed by atoms with Crippen molar-refractivity contribution in [3.8, 4) is 11.5 Å². The van der Waals surface area contributed by atoms with Crippen LogP contribution in [0.4, 0.5) is 4.39 Å². The molecule has 27 heavy (non-hydrogen) atoms. The molecule has 2 rings (SSSR count). The fourth-order valence-corrected chi connectivity index (χ4v) is 2.29. The predicted octanol–water partition coefficient (Wildman–Crippen LogP) is 2.54. The van der Waals surface area contributed by atoms with Crippen LogP contribution in [0.3, 0.4) is 0 Å². The summed E-state index contributed by atoms with van der Waals surface area (Å²) in [5.41, 5.74) is 0.264. The quantitative estimate of drug-likeness (QED) is 0.627. The minimum atomic E-state index is -0.458. The topological polar surface area (TPSA) is 76.7 Å². The van der Waals surface area contributed by atoms with Gasteiger partial charge in [0, 0.05) is 18.7 Å². The summed E-state index contributed by atoms with van der Waals surface area (Å²) in [5, 5.41) is 5.39. The zero-order valence-electron chi connectivity index (χ0n) is 15.2. The molecule has 0 aromatic heterocycles. The maximum absolute atomic E-state index is 13.1. The summed E-state index contributed by atoms with van der Waals surface area (Å²) < 4.78 is 24.0. The Morgan fingerprint density at radius 3 is 2.37 bits per heavy atom. The minimum Gasteiger partial charge on any atom is -0.490 e. The Morgan fingerprint density at radius 1 is 0.963 bits per heavy atom. The molecule has 0 saturated heterocycles. The van der Waals surface area contributed by atoms with E-state index in [0.29, 0.717) is 37.6 Å². The van der Waals surface area contributed by atoms with Crippen molar-refractivity contribution in [1.29, 1.82) is 0 Å². The van der Waals surface area contributed by atoms with E-state index in [0.717, 1.165) is 0 Å². The van der Waals surface area contributed by atoms with Gasteiger partial charge in [0.2, 0.25) is 0 Å². The first-order chi connectivity index (χ1) is 13.1. The smallest absolute Gasteiger partial charge is 0.257 e. The van der Waals surface area contributed by atoms with E-state index in [-0.39, 0.29) is 24.0 Å². The van der Waals surface area contributed by atoms with Gasteiger partial charge in [-0.05, 0) is 43.7 Å². The average Bonchev–Trinajstić information content (AvgIpc) is 2.67. The molecule has 0 aliphatic carbocycles. The fourth-order valence-electron chi connectivity index (χ4n) is 2.29. The SMILES string of the molecule is CCOc1ccccc1OCC(=O)NCCCNC(=O)c1cccc(F)c1. The largest absolute Gasteiger partial charge is 0.490 e. The summed E-state index contributed by atoms with van der Waals surface area (Å²) in [5.74, 6) is 0.0278. The summed E-state index contributed by atoms with van der Waals surface area (Å²) in [6.45, 7) is 3.01. The molecular formula is C20H23FN2O4. The van der Waals surface area contributed by atoms with Gasteiger partial charge < -0.3 is 20.1 Å². The van der Waals surface area contributed by atoms with E-state index in [4.69, 9.17) is 9.47 Å². The number of amides is 2. The number of halogens is 1. The van der Waals surface area contributed by atoms with Crippen LogP contribution in [0.15, 0.2) is 48.5 Å². The lowest BCUT2D eigenvalue weighted by molar-refractivity contribution is -0.123. The van der Waals surface area contributed by atoms with Gasteiger partial charge in [-0.3, -0.25) is 9.59 Å². The zero-order chi connectivity index (χ0) is 19.5. The Balaban J connectivity index is 1.63. The summed E-state index contributed by atoms with van der Waals surface area (Å²) in [6.07, 6.45) is 0.544. The van der Waals surface area contributed by atoms with Crippen molar-refractivity contribution in [2.75, 3.05) is 26.3 Å². The van der Waals surface area contributed by atoms with Crippen LogP contribution in [0, 0.1) is 5.82 Å². The van der Waals surface area contributed by atoms with Gasteiger partial charge in [-0.1, -0.05) is 18.2 Å². The Kier molecular flexibility index (Phi) is 8.09. The van der Waals surface area contributed by atoms with Gasteiger partial charge in [0.25, 0.3) is 11.8 Å². The van der Waals surface area contributed by atoms with Gasteiger partial charge in [-0.2, -0.15) is 0 Å². The van der Waals surface area contributed by atoms with Crippen LogP contribution in [-0.2, 0) is 4.79 Å². The molecule has 0 radical (unpaired) electrons. The maximum Gasteiger partial charge on any atom is 0.257 e. The van der Waals surface area contributed by atoms with Crippen LogP contribution < -0.4 is 20.1 Å². The number of rotatable bonds is 10. The Morgan fingerprint density at radius 2 is 1.67 bits per heavy atom. The first kappa shape index (κ1) is 20.2. The first-order valence-electron chi connectivity index (χ1n) is 8.75. The summed E-state index contributed by atoms with van der Waals surface area (Å²) >= 11 is 0. The number of benzene rings is 2. The summed E-state index contributed by atoms with van der Waals surface area (Å²) in [4.78, 5) is 23.7. The number of carbonyl (C=O) groups is 2. The second kappa shape index (κ2) is 10.8. The van der Waals surface area contributed by atoms with Crippen LogP contribution in [0.1, 0.15) is 23.7 Å². The van der Waals surface area contributed by atoms with E-state index in [1.807, 2.05) is 13.0 Å².